The zero-order chi connectivity index (χ0) is 17.7. The predicted octanol–water partition coefficient (Wildman–Crippen LogP) is 2.47. The van der Waals surface area contributed by atoms with Gasteiger partial charge in [-0.2, -0.15) is 4.31 Å². The Hall–Kier alpha value is -1.60. The molecular weight excluding hydrogens is 338 g/mol. The Morgan fingerprint density at radius 3 is 2.04 bits per heavy atom. The fraction of sp³-hybridized carbons (Fsp3) is 0.611. The first-order valence-electron chi connectivity index (χ1n) is 9.18. The molecule has 1 aromatic carbocycles. The Bertz CT molecular complexity index is 664. The quantitative estimate of drug-likeness (QED) is 0.860. The van der Waals surface area contributed by atoms with E-state index in [1.165, 1.54) is 23.6 Å². The van der Waals surface area contributed by atoms with Gasteiger partial charge in [-0.1, -0.05) is 37.5 Å². The lowest BCUT2D eigenvalue weighted by Crippen LogP contribution is -2.51. The predicted molar refractivity (Wildman–Crippen MR) is 96.8 cm³/mol. The number of hydrogen-bond donors (Lipinski definition) is 2. The number of benzene rings is 1. The summed E-state index contributed by atoms with van der Waals surface area (Å²) in [7, 11) is -3.43. The third-order valence-electron chi connectivity index (χ3n) is 5.11. The lowest BCUT2D eigenvalue weighted by Gasteiger charge is -2.32. The minimum Gasteiger partial charge on any atom is -0.335 e. The fourth-order valence-corrected chi connectivity index (χ4v) is 5.13. The second-order valence-corrected chi connectivity index (χ2v) is 8.88. The second-order valence-electron chi connectivity index (χ2n) is 6.94. The molecule has 1 heterocycles. The molecule has 1 aliphatic heterocycles. The van der Waals surface area contributed by atoms with E-state index in [4.69, 9.17) is 0 Å². The molecule has 25 heavy (non-hydrogen) atoms. The van der Waals surface area contributed by atoms with Crippen LogP contribution in [-0.2, 0) is 10.0 Å². The molecule has 0 aromatic heterocycles. The van der Waals surface area contributed by atoms with Crippen molar-refractivity contribution in [3.8, 4) is 0 Å². The smallest absolute Gasteiger partial charge is 0.315 e. The van der Waals surface area contributed by atoms with E-state index in [0.29, 0.717) is 30.8 Å². The summed E-state index contributed by atoms with van der Waals surface area (Å²) in [6, 6.07) is 8.72. The molecule has 0 spiro atoms. The highest BCUT2D eigenvalue weighted by atomic mass is 32.2. The van der Waals surface area contributed by atoms with Crippen LogP contribution in [-0.4, -0.2) is 43.9 Å². The van der Waals surface area contributed by atoms with Crippen LogP contribution in [0.15, 0.2) is 35.2 Å². The summed E-state index contributed by atoms with van der Waals surface area (Å²) in [4.78, 5) is 12.5. The summed E-state index contributed by atoms with van der Waals surface area (Å²) in [6.07, 6.45) is 7.02. The van der Waals surface area contributed by atoms with Crippen molar-refractivity contribution in [2.45, 2.75) is 61.9 Å². The van der Waals surface area contributed by atoms with E-state index >= 15 is 0 Å². The molecule has 2 aliphatic rings. The number of sulfonamides is 1. The molecule has 1 saturated carbocycles. The first kappa shape index (κ1) is 18.2. The van der Waals surface area contributed by atoms with Crippen molar-refractivity contribution in [3.05, 3.63) is 30.3 Å². The van der Waals surface area contributed by atoms with Crippen LogP contribution in [0.25, 0.3) is 0 Å². The molecule has 3 rings (SSSR count). The van der Waals surface area contributed by atoms with Gasteiger partial charge in [-0.15, -0.1) is 0 Å². The first-order valence-corrected chi connectivity index (χ1v) is 10.6. The summed E-state index contributed by atoms with van der Waals surface area (Å²) in [5, 5.41) is 6.06. The van der Waals surface area contributed by atoms with E-state index in [-0.39, 0.29) is 18.1 Å². The third kappa shape index (κ3) is 4.73. The Kier molecular flexibility index (Phi) is 5.96. The van der Waals surface area contributed by atoms with Crippen LogP contribution in [0.2, 0.25) is 0 Å². The first-order chi connectivity index (χ1) is 12.1. The van der Waals surface area contributed by atoms with Crippen molar-refractivity contribution in [1.82, 2.24) is 14.9 Å². The number of nitrogens with one attached hydrogen (secondary N) is 2. The van der Waals surface area contributed by atoms with Crippen LogP contribution in [0.1, 0.15) is 44.9 Å². The van der Waals surface area contributed by atoms with Crippen molar-refractivity contribution in [2.75, 3.05) is 13.1 Å². The molecule has 0 unspecified atom stereocenters. The van der Waals surface area contributed by atoms with E-state index in [2.05, 4.69) is 10.6 Å². The minimum absolute atomic E-state index is 0.0332. The Balaban J connectivity index is 1.47. The lowest BCUT2D eigenvalue weighted by atomic mass is 9.96. The van der Waals surface area contributed by atoms with Gasteiger partial charge in [0.05, 0.1) is 4.90 Å². The molecule has 1 aromatic rings. The maximum atomic E-state index is 12.6. The molecule has 2 amide bonds. The topological polar surface area (TPSA) is 78.5 Å². The van der Waals surface area contributed by atoms with Gasteiger partial charge in [0.2, 0.25) is 10.0 Å². The molecule has 0 atom stereocenters. The summed E-state index contributed by atoms with van der Waals surface area (Å²) in [5.41, 5.74) is 0. The number of urea groups is 1. The van der Waals surface area contributed by atoms with Gasteiger partial charge in [0, 0.05) is 25.2 Å². The van der Waals surface area contributed by atoms with Crippen molar-refractivity contribution >= 4 is 16.1 Å². The van der Waals surface area contributed by atoms with Crippen molar-refractivity contribution < 1.29 is 13.2 Å². The molecule has 6 nitrogen and oxygen atoms in total. The third-order valence-corrected chi connectivity index (χ3v) is 7.02. The maximum absolute atomic E-state index is 12.6. The molecule has 2 fully saturated rings. The molecule has 1 saturated heterocycles. The van der Waals surface area contributed by atoms with Crippen LogP contribution >= 0.6 is 0 Å². The van der Waals surface area contributed by atoms with Gasteiger partial charge < -0.3 is 10.6 Å². The van der Waals surface area contributed by atoms with Crippen LogP contribution in [0.5, 0.6) is 0 Å². The Morgan fingerprint density at radius 1 is 0.880 bits per heavy atom. The molecular formula is C18H27N3O3S. The van der Waals surface area contributed by atoms with Crippen molar-refractivity contribution in [2.24, 2.45) is 0 Å². The van der Waals surface area contributed by atoms with Crippen LogP contribution in [0.3, 0.4) is 0 Å². The highest BCUT2D eigenvalue weighted by molar-refractivity contribution is 7.89. The van der Waals surface area contributed by atoms with Crippen LogP contribution in [0.4, 0.5) is 4.79 Å². The monoisotopic (exact) mass is 365 g/mol. The molecule has 7 heteroatoms. The minimum atomic E-state index is -3.43. The highest BCUT2D eigenvalue weighted by Gasteiger charge is 2.30. The standard InChI is InChI=1S/C18H27N3O3S/c22-18(19-15-7-3-1-4-8-15)20-16-11-13-21(14-12-16)25(23,24)17-9-5-2-6-10-17/h2,5-6,9-10,15-16H,1,3-4,7-8,11-14H2,(H2,19,20,22). The SMILES string of the molecule is O=C(NC1CCCCC1)NC1CCN(S(=O)(=O)c2ccccc2)CC1. The molecule has 2 N–H and O–H groups in total. The number of rotatable bonds is 4. The van der Waals surface area contributed by atoms with Gasteiger partial charge in [0.1, 0.15) is 0 Å². The van der Waals surface area contributed by atoms with Gasteiger partial charge in [-0.3, -0.25) is 0 Å². The van der Waals surface area contributed by atoms with E-state index in [9.17, 15) is 13.2 Å². The van der Waals surface area contributed by atoms with Crippen molar-refractivity contribution in [3.63, 3.8) is 0 Å². The zero-order valence-corrected chi connectivity index (χ0v) is 15.3. The molecule has 0 bridgehead atoms. The van der Waals surface area contributed by atoms with Gasteiger partial charge in [0.15, 0.2) is 0 Å². The zero-order valence-electron chi connectivity index (χ0n) is 14.5. The van der Waals surface area contributed by atoms with E-state index in [1.54, 1.807) is 30.3 Å². The molecule has 138 valence electrons. The van der Waals surface area contributed by atoms with E-state index in [0.717, 1.165) is 12.8 Å². The van der Waals surface area contributed by atoms with Gasteiger partial charge in [0.25, 0.3) is 0 Å². The normalized spacial score (nSPS) is 21.0. The Labute approximate surface area is 150 Å². The summed E-state index contributed by atoms with van der Waals surface area (Å²) in [5.74, 6) is 0. The van der Waals surface area contributed by atoms with Gasteiger partial charge in [-0.05, 0) is 37.8 Å². The maximum Gasteiger partial charge on any atom is 0.315 e. The summed E-state index contributed by atoms with van der Waals surface area (Å²) in [6.45, 7) is 0.872. The Morgan fingerprint density at radius 2 is 1.44 bits per heavy atom. The number of piperidine rings is 1. The molecule has 1 aliphatic carbocycles. The van der Waals surface area contributed by atoms with E-state index < -0.39 is 10.0 Å². The van der Waals surface area contributed by atoms with Crippen molar-refractivity contribution in [1.29, 1.82) is 0 Å². The summed E-state index contributed by atoms with van der Waals surface area (Å²) < 4.78 is 26.7. The number of carbonyl (C=O) groups is 1. The highest BCUT2D eigenvalue weighted by Crippen LogP contribution is 2.21. The van der Waals surface area contributed by atoms with Crippen LogP contribution < -0.4 is 10.6 Å². The molecule has 0 radical (unpaired) electrons. The fourth-order valence-electron chi connectivity index (χ4n) is 3.64. The van der Waals surface area contributed by atoms with Gasteiger partial charge in [-0.25, -0.2) is 13.2 Å². The average molecular weight is 365 g/mol. The van der Waals surface area contributed by atoms with E-state index in [1.807, 2.05) is 0 Å². The van der Waals surface area contributed by atoms with Gasteiger partial charge >= 0.3 is 6.03 Å². The van der Waals surface area contributed by atoms with Crippen LogP contribution in [0, 0.1) is 0 Å². The largest absolute Gasteiger partial charge is 0.335 e. The number of hydrogen-bond acceptors (Lipinski definition) is 3. The number of carbonyl (C=O) groups excluding carboxylic acids is 1. The second kappa shape index (κ2) is 8.19. The summed E-state index contributed by atoms with van der Waals surface area (Å²) >= 11 is 0. The lowest BCUT2D eigenvalue weighted by molar-refractivity contribution is 0.220. The average Bonchev–Trinajstić information content (AvgIpc) is 2.63. The number of amides is 2. The number of nitrogens with zero attached hydrogens (tertiary/aromatic N) is 1.